The molecular formula is C35H38F6N6O4. The highest BCUT2D eigenvalue weighted by Gasteiger charge is 2.38. The lowest BCUT2D eigenvalue weighted by molar-refractivity contribution is -0.143. The van der Waals surface area contributed by atoms with E-state index in [2.05, 4.69) is 21.9 Å². The van der Waals surface area contributed by atoms with Crippen molar-refractivity contribution in [3.63, 3.8) is 0 Å². The minimum atomic E-state index is -5.12. The van der Waals surface area contributed by atoms with Gasteiger partial charge < -0.3 is 30.5 Å². The quantitative estimate of drug-likeness (QED) is 0.215. The number of halogens is 6. The standard InChI is InChI=1S/C35H38F6N6O4/c1-33(42)10-17-45(18-11-33)13-4-12-43-30(48)29(21-23-19-25(34(36,37)38)22-26(20-23)35(39,40)41)51-32(50)46-14-8-27(9-15-46)47-16-7-24-5-2-3-6-28(24)44-31(47)49/h2-3,5-6,13,19-20,22,27,29H,7-11,14-18,21,42H2,1H3,(H,44,49)/t29-/m1/s1. The van der Waals surface area contributed by atoms with Crippen LogP contribution < -0.4 is 11.1 Å². The number of fused-ring (bicyclic) bond motifs is 1. The van der Waals surface area contributed by atoms with Crippen LogP contribution in [0.2, 0.25) is 0 Å². The maximum absolute atomic E-state index is 13.6. The number of nitrogens with two attached hydrogens (primary N) is 1. The molecule has 2 saturated heterocycles. The molecule has 3 heterocycles. The molecule has 2 aromatic carbocycles. The lowest BCUT2D eigenvalue weighted by atomic mass is 9.91. The number of nitrogens with one attached hydrogen (secondary N) is 1. The number of hydrogen-bond donors (Lipinski definition) is 2. The average molecular weight is 721 g/mol. The van der Waals surface area contributed by atoms with Gasteiger partial charge in [0.2, 0.25) is 0 Å². The zero-order valence-electron chi connectivity index (χ0n) is 27.8. The number of likely N-dealkylation sites (tertiary alicyclic amines) is 2. The molecular weight excluding hydrogens is 682 g/mol. The number of aliphatic imine (C=N–C) groups is 1. The molecule has 1 atom stereocenters. The van der Waals surface area contributed by atoms with Crippen molar-refractivity contribution in [1.82, 2.24) is 14.7 Å². The first-order valence-corrected chi connectivity index (χ1v) is 16.5. The first-order valence-electron chi connectivity index (χ1n) is 16.5. The van der Waals surface area contributed by atoms with E-state index in [1.807, 2.05) is 36.1 Å². The van der Waals surface area contributed by atoms with Gasteiger partial charge in [0.25, 0.3) is 5.91 Å². The zero-order valence-corrected chi connectivity index (χ0v) is 27.8. The van der Waals surface area contributed by atoms with E-state index in [-0.39, 0.29) is 36.8 Å². The summed E-state index contributed by atoms with van der Waals surface area (Å²) < 4.78 is 86.8. The number of carbonyl (C=O) groups excluding carboxylic acids is 3. The van der Waals surface area contributed by atoms with Crippen molar-refractivity contribution in [1.29, 1.82) is 0 Å². The molecule has 3 aliphatic rings. The summed E-state index contributed by atoms with van der Waals surface area (Å²) in [6.07, 6.45) is -9.68. The van der Waals surface area contributed by atoms with Gasteiger partial charge in [0.1, 0.15) is 0 Å². The van der Waals surface area contributed by atoms with E-state index < -0.39 is 53.6 Å². The predicted octanol–water partition coefficient (Wildman–Crippen LogP) is 6.00. The van der Waals surface area contributed by atoms with Crippen LogP contribution in [-0.2, 0) is 34.7 Å². The van der Waals surface area contributed by atoms with Crippen LogP contribution in [0, 0.1) is 0 Å². The van der Waals surface area contributed by atoms with Crippen LogP contribution >= 0.6 is 0 Å². The number of piperidine rings is 2. The van der Waals surface area contributed by atoms with Crippen molar-refractivity contribution in [2.45, 2.75) is 75.5 Å². The minimum absolute atomic E-state index is 0.0285. The fraction of sp³-hybridized carbons (Fsp3) is 0.486. The number of anilines is 1. The molecule has 3 aliphatic heterocycles. The van der Waals surface area contributed by atoms with Crippen LogP contribution in [0.25, 0.3) is 0 Å². The van der Waals surface area contributed by atoms with Crippen molar-refractivity contribution in [2.75, 3.05) is 38.0 Å². The van der Waals surface area contributed by atoms with Crippen molar-refractivity contribution in [2.24, 2.45) is 10.7 Å². The van der Waals surface area contributed by atoms with Gasteiger partial charge in [0.15, 0.2) is 6.10 Å². The number of nitrogens with zero attached hydrogens (tertiary/aromatic N) is 4. The second-order valence-corrected chi connectivity index (χ2v) is 13.3. The summed E-state index contributed by atoms with van der Waals surface area (Å²) in [5.41, 5.74) is 6.44. The van der Waals surface area contributed by atoms with Gasteiger partial charge in [-0.2, -0.15) is 31.3 Å². The highest BCUT2D eigenvalue weighted by molar-refractivity contribution is 5.91. The molecule has 0 spiro atoms. The Hall–Kier alpha value is -4.78. The third-order valence-electron chi connectivity index (χ3n) is 9.31. The number of urea groups is 1. The molecule has 51 heavy (non-hydrogen) atoms. The molecule has 2 fully saturated rings. The SMILES string of the molecule is CC1(N)CCN(C=C=C=NC(=O)[C@@H](Cc2cc(C(F)(F)F)cc(C(F)(F)F)c2)OC(=O)N2CCC(N3CCc4ccccc4NC3=O)CC2)CC1. The van der Waals surface area contributed by atoms with Crippen LogP contribution in [0.1, 0.15) is 54.9 Å². The third-order valence-corrected chi connectivity index (χ3v) is 9.31. The molecule has 0 radical (unpaired) electrons. The Morgan fingerprint density at radius 2 is 1.65 bits per heavy atom. The number of benzene rings is 2. The van der Waals surface area contributed by atoms with Gasteiger partial charge in [0.05, 0.1) is 17.3 Å². The van der Waals surface area contributed by atoms with Crippen LogP contribution in [0.5, 0.6) is 0 Å². The summed E-state index contributed by atoms with van der Waals surface area (Å²) in [6, 6.07) is 7.88. The number of carbonyl (C=O) groups is 3. The Balaban J connectivity index is 1.30. The fourth-order valence-electron chi connectivity index (χ4n) is 6.27. The first kappa shape index (κ1) is 37.5. The lowest BCUT2D eigenvalue weighted by Crippen LogP contribution is -2.50. The highest BCUT2D eigenvalue weighted by Crippen LogP contribution is 2.37. The minimum Gasteiger partial charge on any atom is -0.435 e. The molecule has 3 N–H and O–H groups in total. The Morgan fingerprint density at radius 1 is 1.02 bits per heavy atom. The predicted molar refractivity (Wildman–Crippen MR) is 175 cm³/mol. The summed E-state index contributed by atoms with van der Waals surface area (Å²) in [4.78, 5) is 47.9. The Morgan fingerprint density at radius 3 is 2.27 bits per heavy atom. The Labute approximate surface area is 290 Å². The Bertz CT molecular complexity index is 1680. The van der Waals surface area contributed by atoms with Crippen molar-refractivity contribution in [3.8, 4) is 0 Å². The molecule has 5 rings (SSSR count). The molecule has 0 bridgehead atoms. The molecule has 0 saturated carbocycles. The van der Waals surface area contributed by atoms with Crippen LogP contribution in [-0.4, -0.2) is 89.0 Å². The highest BCUT2D eigenvalue weighted by atomic mass is 19.4. The van der Waals surface area contributed by atoms with Crippen LogP contribution in [0.3, 0.4) is 0 Å². The Kier molecular flexibility index (Phi) is 11.2. The van der Waals surface area contributed by atoms with Crippen molar-refractivity contribution < 1.29 is 45.5 Å². The summed E-state index contributed by atoms with van der Waals surface area (Å²) >= 11 is 0. The smallest absolute Gasteiger partial charge is 0.416 e. The van der Waals surface area contributed by atoms with E-state index in [0.717, 1.165) is 11.3 Å². The average Bonchev–Trinajstić information content (AvgIpc) is 3.24. The maximum atomic E-state index is 13.6. The van der Waals surface area contributed by atoms with Gasteiger partial charge in [-0.1, -0.05) is 18.2 Å². The summed E-state index contributed by atoms with van der Waals surface area (Å²) in [6.45, 7) is 3.84. The topological polar surface area (TPSA) is 121 Å². The lowest BCUT2D eigenvalue weighted by Gasteiger charge is -2.37. The van der Waals surface area contributed by atoms with Crippen LogP contribution in [0.4, 0.5) is 41.6 Å². The number of hydrogen-bond acceptors (Lipinski definition) is 6. The second kappa shape index (κ2) is 15.2. The van der Waals surface area contributed by atoms with Gasteiger partial charge in [-0.05, 0) is 80.2 Å². The molecule has 4 amide bonds. The summed E-state index contributed by atoms with van der Waals surface area (Å²) in [5, 5.41) is 2.91. The molecule has 0 aromatic heterocycles. The zero-order chi connectivity index (χ0) is 37.0. The normalized spacial score (nSPS) is 18.7. The van der Waals surface area contributed by atoms with Gasteiger partial charge in [-0.25, -0.2) is 9.59 Å². The second-order valence-electron chi connectivity index (χ2n) is 13.3. The molecule has 16 heteroatoms. The number of amides is 4. The number of alkyl halides is 6. The first-order chi connectivity index (χ1) is 24.0. The maximum Gasteiger partial charge on any atom is 0.416 e. The third kappa shape index (κ3) is 9.93. The van der Waals surface area contributed by atoms with E-state index in [1.165, 1.54) is 11.1 Å². The molecule has 274 valence electrons. The van der Waals surface area contributed by atoms with E-state index in [4.69, 9.17) is 10.5 Å². The molecule has 0 aliphatic carbocycles. The van der Waals surface area contributed by atoms with Gasteiger partial charge in [-0.3, -0.25) is 4.79 Å². The summed E-state index contributed by atoms with van der Waals surface area (Å²) in [5.74, 6) is 1.14. The van der Waals surface area contributed by atoms with E-state index in [0.29, 0.717) is 63.9 Å². The van der Waals surface area contributed by atoms with Gasteiger partial charge >= 0.3 is 24.5 Å². The molecule has 10 nitrogen and oxygen atoms in total. The van der Waals surface area contributed by atoms with Gasteiger partial charge in [0, 0.05) is 62.3 Å². The number of para-hydroxylation sites is 1. The van der Waals surface area contributed by atoms with Gasteiger partial charge in [-0.15, -0.1) is 0 Å². The van der Waals surface area contributed by atoms with E-state index in [9.17, 15) is 40.7 Å². The fourth-order valence-corrected chi connectivity index (χ4v) is 6.27. The number of ether oxygens (including phenoxy) is 1. The van der Waals surface area contributed by atoms with Crippen LogP contribution in [0.15, 0.2) is 59.4 Å². The van der Waals surface area contributed by atoms with Crippen molar-refractivity contribution >= 4 is 29.6 Å². The summed E-state index contributed by atoms with van der Waals surface area (Å²) in [7, 11) is 0. The monoisotopic (exact) mass is 720 g/mol. The van der Waals surface area contributed by atoms with Crippen molar-refractivity contribution in [3.05, 3.63) is 76.6 Å². The van der Waals surface area contributed by atoms with E-state index >= 15 is 0 Å². The molecule has 0 unspecified atom stereocenters. The van der Waals surface area contributed by atoms with E-state index in [1.54, 1.807) is 4.90 Å². The molecule has 2 aromatic rings. The number of rotatable bonds is 6. The largest absolute Gasteiger partial charge is 0.435 e.